The zero-order valence-electron chi connectivity index (χ0n) is 23.6. The molecule has 0 spiro atoms. The molecule has 2 saturated heterocycles. The molecule has 2 fully saturated rings. The number of hydrogen-bond acceptors (Lipinski definition) is 8. The van der Waals surface area contributed by atoms with Crippen molar-refractivity contribution in [1.29, 1.82) is 0 Å². The quantitative estimate of drug-likeness (QED) is 0.336. The largest absolute Gasteiger partial charge is 0.355 e. The van der Waals surface area contributed by atoms with Gasteiger partial charge in [-0.25, -0.2) is 15.0 Å². The van der Waals surface area contributed by atoms with Gasteiger partial charge in [0.1, 0.15) is 17.4 Å². The molecule has 0 radical (unpaired) electrons. The molecule has 2 aliphatic rings. The summed E-state index contributed by atoms with van der Waals surface area (Å²) >= 11 is 0. The van der Waals surface area contributed by atoms with Gasteiger partial charge in [0.2, 0.25) is 5.95 Å². The van der Waals surface area contributed by atoms with Crippen LogP contribution in [0.4, 0.5) is 17.6 Å². The maximum absolute atomic E-state index is 5.18. The maximum Gasteiger partial charge on any atom is 0.228 e. The fourth-order valence-electron chi connectivity index (χ4n) is 6.25. The average molecular weight is 525 g/mol. The molecule has 2 aromatic carbocycles. The fraction of sp³-hybridized carbons (Fsp3) is 0.484. The van der Waals surface area contributed by atoms with Crippen molar-refractivity contribution in [2.24, 2.45) is 5.92 Å². The zero-order valence-corrected chi connectivity index (χ0v) is 23.6. The monoisotopic (exact) mass is 524 g/mol. The van der Waals surface area contributed by atoms with Gasteiger partial charge in [0.15, 0.2) is 11.6 Å². The minimum atomic E-state index is 0.726. The standard InChI is InChI=1S/C31H40N8/c1-36(2)20-23-14-18-39(19-15-23)31-34-28-27(30(35-31)38-16-7-4-8-17-38)32-22-33-29(28)37(3)21-25-12-9-11-24-10-5-6-13-26(24)25/h5-6,9-13,22-23H,4,7-8,14-21H2,1-3H3. The van der Waals surface area contributed by atoms with Crippen LogP contribution in [0.3, 0.4) is 0 Å². The first-order valence-corrected chi connectivity index (χ1v) is 14.4. The Balaban J connectivity index is 1.37. The van der Waals surface area contributed by atoms with Gasteiger partial charge in [0.25, 0.3) is 0 Å². The SMILES string of the molecule is CN(C)CC1CCN(c2nc(N3CCCCC3)c3ncnc(N(C)Cc4cccc5ccccc45)c3n2)CC1. The fourth-order valence-corrected chi connectivity index (χ4v) is 6.25. The van der Waals surface area contributed by atoms with Crippen LogP contribution >= 0.6 is 0 Å². The minimum Gasteiger partial charge on any atom is -0.355 e. The van der Waals surface area contributed by atoms with Crippen LogP contribution in [0.1, 0.15) is 37.7 Å². The highest BCUT2D eigenvalue weighted by Gasteiger charge is 2.26. The summed E-state index contributed by atoms with van der Waals surface area (Å²) in [6.45, 7) is 5.88. The number of hydrogen-bond donors (Lipinski definition) is 0. The lowest BCUT2D eigenvalue weighted by atomic mass is 9.97. The third kappa shape index (κ3) is 5.48. The van der Waals surface area contributed by atoms with Gasteiger partial charge in [-0.1, -0.05) is 42.5 Å². The second kappa shape index (κ2) is 11.3. The second-order valence-electron chi connectivity index (χ2n) is 11.5. The predicted octanol–water partition coefficient (Wildman–Crippen LogP) is 4.98. The van der Waals surface area contributed by atoms with Crippen molar-refractivity contribution < 1.29 is 0 Å². The molecule has 0 saturated carbocycles. The summed E-state index contributed by atoms with van der Waals surface area (Å²) in [4.78, 5) is 29.2. The van der Waals surface area contributed by atoms with Crippen molar-refractivity contribution in [2.75, 3.05) is 68.6 Å². The van der Waals surface area contributed by atoms with Gasteiger partial charge in [0.05, 0.1) is 0 Å². The van der Waals surface area contributed by atoms with Crippen LogP contribution in [-0.2, 0) is 6.54 Å². The van der Waals surface area contributed by atoms with Gasteiger partial charge >= 0.3 is 0 Å². The summed E-state index contributed by atoms with van der Waals surface area (Å²) in [7, 11) is 6.44. The lowest BCUT2D eigenvalue weighted by Gasteiger charge is -2.34. The zero-order chi connectivity index (χ0) is 26.8. The summed E-state index contributed by atoms with van der Waals surface area (Å²) in [6.07, 6.45) is 7.67. The molecule has 0 amide bonds. The molecule has 2 aliphatic heterocycles. The van der Waals surface area contributed by atoms with E-state index in [1.807, 2.05) is 0 Å². The van der Waals surface area contributed by atoms with Crippen LogP contribution in [-0.4, -0.2) is 78.7 Å². The Morgan fingerprint density at radius 1 is 0.795 bits per heavy atom. The highest BCUT2D eigenvalue weighted by Crippen LogP contribution is 2.33. The lowest BCUT2D eigenvalue weighted by molar-refractivity contribution is 0.284. The van der Waals surface area contributed by atoms with E-state index < -0.39 is 0 Å². The van der Waals surface area contributed by atoms with E-state index in [-0.39, 0.29) is 0 Å². The van der Waals surface area contributed by atoms with Crippen molar-refractivity contribution in [2.45, 2.75) is 38.6 Å². The molecular formula is C31H40N8. The molecule has 0 bridgehead atoms. The third-order valence-corrected chi connectivity index (χ3v) is 8.26. The molecule has 4 aromatic rings. The van der Waals surface area contributed by atoms with Crippen molar-refractivity contribution in [1.82, 2.24) is 24.8 Å². The van der Waals surface area contributed by atoms with Crippen molar-refractivity contribution in [3.63, 3.8) is 0 Å². The van der Waals surface area contributed by atoms with Gasteiger partial charge < -0.3 is 19.6 Å². The van der Waals surface area contributed by atoms with E-state index in [0.717, 1.165) is 86.6 Å². The average Bonchev–Trinajstić information content (AvgIpc) is 2.97. The summed E-state index contributed by atoms with van der Waals surface area (Å²) in [5.41, 5.74) is 2.98. The highest BCUT2D eigenvalue weighted by atomic mass is 15.3. The Hall–Kier alpha value is -3.52. The highest BCUT2D eigenvalue weighted by molar-refractivity contribution is 5.94. The van der Waals surface area contributed by atoms with E-state index in [9.17, 15) is 0 Å². The van der Waals surface area contributed by atoms with E-state index in [1.165, 1.54) is 35.6 Å². The normalized spacial score (nSPS) is 16.9. The van der Waals surface area contributed by atoms with Crippen LogP contribution in [0.5, 0.6) is 0 Å². The summed E-state index contributed by atoms with van der Waals surface area (Å²) in [5, 5.41) is 2.53. The number of nitrogens with zero attached hydrogens (tertiary/aromatic N) is 8. The van der Waals surface area contributed by atoms with Gasteiger partial charge in [-0.3, -0.25) is 0 Å². The minimum absolute atomic E-state index is 0.726. The molecular weight excluding hydrogens is 484 g/mol. The topological polar surface area (TPSA) is 64.5 Å². The number of rotatable bonds is 7. The molecule has 0 atom stereocenters. The van der Waals surface area contributed by atoms with Crippen LogP contribution in [0.15, 0.2) is 48.8 Å². The summed E-state index contributed by atoms with van der Waals surface area (Å²) < 4.78 is 0. The second-order valence-corrected chi connectivity index (χ2v) is 11.5. The molecule has 8 heteroatoms. The molecule has 2 aromatic heterocycles. The molecule has 4 heterocycles. The van der Waals surface area contributed by atoms with E-state index in [1.54, 1.807) is 6.33 Å². The van der Waals surface area contributed by atoms with E-state index in [4.69, 9.17) is 19.9 Å². The van der Waals surface area contributed by atoms with E-state index >= 15 is 0 Å². The van der Waals surface area contributed by atoms with Crippen LogP contribution < -0.4 is 14.7 Å². The van der Waals surface area contributed by atoms with Crippen LogP contribution in [0, 0.1) is 5.92 Å². The first-order valence-electron chi connectivity index (χ1n) is 14.4. The predicted molar refractivity (Wildman–Crippen MR) is 161 cm³/mol. The first-order chi connectivity index (χ1) is 19.1. The van der Waals surface area contributed by atoms with Crippen LogP contribution in [0.25, 0.3) is 21.8 Å². The maximum atomic E-state index is 5.18. The first kappa shape index (κ1) is 25.7. The Morgan fingerprint density at radius 2 is 1.56 bits per heavy atom. The summed E-state index contributed by atoms with van der Waals surface area (Å²) in [5.74, 6) is 3.37. The molecule has 0 N–H and O–H groups in total. The molecule has 0 aliphatic carbocycles. The lowest BCUT2D eigenvalue weighted by Crippen LogP contribution is -2.38. The molecule has 0 unspecified atom stereocenters. The van der Waals surface area contributed by atoms with E-state index in [0.29, 0.717) is 0 Å². The molecule has 6 rings (SSSR count). The summed E-state index contributed by atoms with van der Waals surface area (Å²) in [6, 6.07) is 15.1. The Morgan fingerprint density at radius 3 is 2.36 bits per heavy atom. The number of fused-ring (bicyclic) bond motifs is 2. The van der Waals surface area contributed by atoms with Gasteiger partial charge in [-0.2, -0.15) is 4.98 Å². The van der Waals surface area contributed by atoms with Crippen molar-refractivity contribution in [3.05, 3.63) is 54.4 Å². The van der Waals surface area contributed by atoms with Crippen molar-refractivity contribution >= 4 is 39.4 Å². The van der Waals surface area contributed by atoms with Crippen molar-refractivity contribution in [3.8, 4) is 0 Å². The van der Waals surface area contributed by atoms with Gasteiger partial charge in [-0.15, -0.1) is 0 Å². The Kier molecular flexibility index (Phi) is 7.46. The number of piperidine rings is 2. The van der Waals surface area contributed by atoms with Crippen LogP contribution in [0.2, 0.25) is 0 Å². The smallest absolute Gasteiger partial charge is 0.228 e. The Labute approximate surface area is 231 Å². The molecule has 204 valence electrons. The molecule has 39 heavy (non-hydrogen) atoms. The molecule has 8 nitrogen and oxygen atoms in total. The van der Waals surface area contributed by atoms with E-state index in [2.05, 4.69) is 83.2 Å². The Bertz CT molecular complexity index is 1420. The third-order valence-electron chi connectivity index (χ3n) is 8.26. The van der Waals surface area contributed by atoms with Gasteiger partial charge in [0, 0.05) is 46.3 Å². The number of anilines is 3. The number of benzene rings is 2. The number of aromatic nitrogens is 4. The van der Waals surface area contributed by atoms with Gasteiger partial charge in [-0.05, 0) is 68.5 Å².